The van der Waals surface area contributed by atoms with Gasteiger partial charge in [0.2, 0.25) is 0 Å². The van der Waals surface area contributed by atoms with E-state index in [9.17, 15) is 9.59 Å². The van der Waals surface area contributed by atoms with Crippen LogP contribution in [-0.4, -0.2) is 75.0 Å². The van der Waals surface area contributed by atoms with Gasteiger partial charge in [0.05, 0.1) is 52.9 Å². The van der Waals surface area contributed by atoms with Crippen LogP contribution >= 0.6 is 0 Å². The number of rotatable bonds is 14. The molecule has 0 aromatic rings. The summed E-state index contributed by atoms with van der Waals surface area (Å²) in [5.74, 6) is -0.396. The number of hydrogen-bond donors (Lipinski definition) is 2. The van der Waals surface area contributed by atoms with Crippen LogP contribution in [0.5, 0.6) is 0 Å². The van der Waals surface area contributed by atoms with Crippen LogP contribution < -0.4 is 0 Å². The van der Waals surface area contributed by atoms with Crippen LogP contribution in [0, 0.1) is 0 Å². The molecule has 0 bridgehead atoms. The molecule has 0 aliphatic heterocycles. The van der Waals surface area contributed by atoms with Crippen molar-refractivity contribution in [1.29, 1.82) is 0 Å². The maximum absolute atomic E-state index is 10.9. The molecule has 0 amide bonds. The van der Waals surface area contributed by atoms with Crippen LogP contribution in [0.3, 0.4) is 0 Å². The molecule has 2 N–H and O–H groups in total. The zero-order valence-electron chi connectivity index (χ0n) is 14.8. The van der Waals surface area contributed by atoms with Gasteiger partial charge in [-0.2, -0.15) is 0 Å². The van der Waals surface area contributed by atoms with E-state index in [-0.39, 0.29) is 25.2 Å². The second-order valence-electron chi connectivity index (χ2n) is 4.49. The molecule has 0 rings (SSSR count). The highest BCUT2D eigenvalue weighted by atomic mass is 16.5. The number of ether oxygens (including phenoxy) is 4. The quantitative estimate of drug-likeness (QED) is 0.347. The average Bonchev–Trinajstić information content (AvgIpc) is 2.56. The summed E-state index contributed by atoms with van der Waals surface area (Å²) in [5.41, 5.74) is 0. The molecule has 0 unspecified atom stereocenters. The number of carbonyl (C=O) groups excluding carboxylic acids is 2. The first-order chi connectivity index (χ1) is 11.6. The van der Waals surface area contributed by atoms with Gasteiger partial charge in [-0.15, -0.1) is 0 Å². The molecular formula is C16H32O8. The fourth-order valence-corrected chi connectivity index (χ4v) is 1.46. The molecule has 0 saturated carbocycles. The lowest BCUT2D eigenvalue weighted by Gasteiger charge is -2.02. The van der Waals surface area contributed by atoms with Gasteiger partial charge < -0.3 is 29.2 Å². The molecule has 0 spiro atoms. The van der Waals surface area contributed by atoms with Crippen molar-refractivity contribution in [2.45, 2.75) is 39.5 Å². The van der Waals surface area contributed by atoms with Gasteiger partial charge in [0.15, 0.2) is 0 Å². The molecule has 0 saturated heterocycles. The molecule has 0 atom stereocenters. The van der Waals surface area contributed by atoms with E-state index >= 15 is 0 Å². The minimum absolute atomic E-state index is 0.0417. The Morgan fingerprint density at radius 3 is 1.38 bits per heavy atom. The van der Waals surface area contributed by atoms with Crippen LogP contribution in [0.25, 0.3) is 0 Å². The minimum atomic E-state index is -0.198. The standard InChI is InChI=1S/C10H18O4.C6H14O4/c1-3-13-9(11)7-5-6-8-10(12)14-4-2;7-1-3-9-5-6-10-4-2-8/h3-8H2,1-2H3;7-8H,1-6H2. The van der Waals surface area contributed by atoms with Crippen LogP contribution in [0.15, 0.2) is 0 Å². The topological polar surface area (TPSA) is 112 Å². The zero-order chi connectivity index (χ0) is 18.5. The third kappa shape index (κ3) is 23.1. The predicted molar refractivity (Wildman–Crippen MR) is 87.5 cm³/mol. The first kappa shape index (κ1) is 25.0. The Bertz CT molecular complexity index is 255. The number of unbranched alkanes of at least 4 members (excludes halogenated alkanes) is 1. The molecule has 8 nitrogen and oxygen atoms in total. The molecule has 0 heterocycles. The van der Waals surface area contributed by atoms with Crippen LogP contribution in [0.1, 0.15) is 39.5 Å². The van der Waals surface area contributed by atoms with Gasteiger partial charge >= 0.3 is 11.9 Å². The van der Waals surface area contributed by atoms with Crippen molar-refractivity contribution < 1.29 is 38.7 Å². The maximum Gasteiger partial charge on any atom is 0.305 e. The van der Waals surface area contributed by atoms with Gasteiger partial charge in [-0.1, -0.05) is 0 Å². The van der Waals surface area contributed by atoms with Gasteiger partial charge in [-0.05, 0) is 26.7 Å². The molecule has 8 heteroatoms. The van der Waals surface area contributed by atoms with Crippen molar-refractivity contribution in [2.24, 2.45) is 0 Å². The molecule has 0 radical (unpaired) electrons. The van der Waals surface area contributed by atoms with Gasteiger partial charge in [0.1, 0.15) is 0 Å². The predicted octanol–water partition coefficient (Wildman–Crippen LogP) is 0.677. The zero-order valence-corrected chi connectivity index (χ0v) is 14.8. The Hall–Kier alpha value is -1.22. The van der Waals surface area contributed by atoms with Crippen molar-refractivity contribution in [3.05, 3.63) is 0 Å². The van der Waals surface area contributed by atoms with Crippen LogP contribution in [0.4, 0.5) is 0 Å². The Morgan fingerprint density at radius 2 is 1.08 bits per heavy atom. The average molecular weight is 352 g/mol. The molecule has 0 aliphatic rings. The van der Waals surface area contributed by atoms with Gasteiger partial charge in [0.25, 0.3) is 0 Å². The Kier molecular flexibility index (Phi) is 22.7. The highest BCUT2D eigenvalue weighted by molar-refractivity contribution is 5.70. The van der Waals surface area contributed by atoms with Gasteiger partial charge in [0, 0.05) is 12.8 Å². The van der Waals surface area contributed by atoms with E-state index in [1.165, 1.54) is 0 Å². The smallest absolute Gasteiger partial charge is 0.305 e. The molecule has 24 heavy (non-hydrogen) atoms. The molecule has 0 aromatic carbocycles. The maximum atomic E-state index is 10.9. The van der Waals surface area contributed by atoms with Crippen molar-refractivity contribution in [3.63, 3.8) is 0 Å². The Balaban J connectivity index is 0. The van der Waals surface area contributed by atoms with E-state index in [4.69, 9.17) is 29.2 Å². The lowest BCUT2D eigenvalue weighted by Crippen LogP contribution is -2.09. The van der Waals surface area contributed by atoms with E-state index in [0.717, 1.165) is 0 Å². The third-order valence-corrected chi connectivity index (χ3v) is 2.47. The normalized spacial score (nSPS) is 9.83. The highest BCUT2D eigenvalue weighted by Crippen LogP contribution is 2.02. The fraction of sp³-hybridized carbons (Fsp3) is 0.875. The fourth-order valence-electron chi connectivity index (χ4n) is 1.46. The van der Waals surface area contributed by atoms with Crippen molar-refractivity contribution in [2.75, 3.05) is 52.9 Å². The molecule has 0 fully saturated rings. The number of carbonyl (C=O) groups is 2. The first-order valence-corrected chi connectivity index (χ1v) is 8.30. The number of hydrogen-bond acceptors (Lipinski definition) is 8. The summed E-state index contributed by atoms with van der Waals surface area (Å²) < 4.78 is 19.2. The molecule has 0 aliphatic carbocycles. The van der Waals surface area contributed by atoms with E-state index in [1.807, 2.05) is 0 Å². The summed E-state index contributed by atoms with van der Waals surface area (Å²) in [6, 6.07) is 0. The Morgan fingerprint density at radius 1 is 0.708 bits per heavy atom. The third-order valence-electron chi connectivity index (χ3n) is 2.47. The number of aliphatic hydroxyl groups is 2. The van der Waals surface area contributed by atoms with E-state index in [2.05, 4.69) is 0 Å². The summed E-state index contributed by atoms with van der Waals surface area (Å²) in [4.78, 5) is 21.8. The summed E-state index contributed by atoms with van der Waals surface area (Å²) in [6.45, 7) is 6.10. The van der Waals surface area contributed by atoms with Crippen molar-refractivity contribution >= 4 is 11.9 Å². The summed E-state index contributed by atoms with van der Waals surface area (Å²) >= 11 is 0. The van der Waals surface area contributed by atoms with Crippen LogP contribution in [0.2, 0.25) is 0 Å². The van der Waals surface area contributed by atoms with E-state index in [1.54, 1.807) is 13.8 Å². The monoisotopic (exact) mass is 352 g/mol. The SMILES string of the molecule is CCOC(=O)CCCCC(=O)OCC.OCCOCCOCCO. The summed E-state index contributed by atoms with van der Waals surface area (Å²) in [5, 5.41) is 16.5. The largest absolute Gasteiger partial charge is 0.466 e. The second kappa shape index (κ2) is 21.8. The van der Waals surface area contributed by atoms with E-state index in [0.29, 0.717) is 65.3 Å². The Labute approximate surface area is 144 Å². The molecular weight excluding hydrogens is 320 g/mol. The van der Waals surface area contributed by atoms with Crippen molar-refractivity contribution in [3.8, 4) is 0 Å². The van der Waals surface area contributed by atoms with Gasteiger partial charge in [-0.25, -0.2) is 0 Å². The lowest BCUT2D eigenvalue weighted by molar-refractivity contribution is -0.145. The van der Waals surface area contributed by atoms with Crippen LogP contribution in [-0.2, 0) is 28.5 Å². The highest BCUT2D eigenvalue weighted by Gasteiger charge is 2.04. The number of esters is 2. The van der Waals surface area contributed by atoms with Gasteiger partial charge in [-0.3, -0.25) is 9.59 Å². The second-order valence-corrected chi connectivity index (χ2v) is 4.49. The first-order valence-electron chi connectivity index (χ1n) is 8.30. The molecule has 0 aromatic heterocycles. The van der Waals surface area contributed by atoms with E-state index < -0.39 is 0 Å². The summed E-state index contributed by atoms with van der Waals surface area (Å²) in [7, 11) is 0. The number of aliphatic hydroxyl groups excluding tert-OH is 2. The minimum Gasteiger partial charge on any atom is -0.466 e. The summed E-state index contributed by atoms with van der Waals surface area (Å²) in [6.07, 6.45) is 2.12. The molecule has 144 valence electrons. The van der Waals surface area contributed by atoms with Crippen molar-refractivity contribution in [1.82, 2.24) is 0 Å². The lowest BCUT2D eigenvalue weighted by atomic mass is 10.2.